The number of benzene rings is 1. The van der Waals surface area contributed by atoms with Crippen LogP contribution in [0.5, 0.6) is 0 Å². The zero-order valence-corrected chi connectivity index (χ0v) is 15.4. The van der Waals surface area contributed by atoms with E-state index in [9.17, 15) is 5.11 Å². The summed E-state index contributed by atoms with van der Waals surface area (Å²) in [4.78, 5) is 1.41. The summed E-state index contributed by atoms with van der Waals surface area (Å²) in [5, 5.41) is 20.5. The Balaban J connectivity index is 1.58. The predicted molar refractivity (Wildman–Crippen MR) is 104 cm³/mol. The summed E-state index contributed by atoms with van der Waals surface area (Å²) in [6.07, 6.45) is 0.552. The van der Waals surface area contributed by atoms with Crippen LogP contribution in [0.25, 0.3) is 0 Å². The van der Waals surface area contributed by atoms with E-state index < -0.39 is 6.10 Å². The molecule has 0 radical (unpaired) electrons. The van der Waals surface area contributed by atoms with Gasteiger partial charge in [-0.15, -0.1) is 11.3 Å². The number of aliphatic hydroxyl groups is 1. The molecule has 3 unspecified atom stereocenters. The van der Waals surface area contributed by atoms with Gasteiger partial charge >= 0.3 is 0 Å². The predicted octanol–water partition coefficient (Wildman–Crippen LogP) is 5.04. The van der Waals surface area contributed by atoms with E-state index in [1.165, 1.54) is 10.4 Å². The molecule has 2 N–H and O–H groups in total. The number of rotatable bonds is 8. The van der Waals surface area contributed by atoms with Crippen LogP contribution in [0, 0.1) is 0 Å². The maximum Gasteiger partial charge on any atom is 0.0940 e. The lowest BCUT2D eigenvalue weighted by Gasteiger charge is -2.22. The first-order chi connectivity index (χ1) is 11.8. The summed E-state index contributed by atoms with van der Waals surface area (Å²) >= 11 is 3.57. The van der Waals surface area contributed by atoms with Crippen LogP contribution < -0.4 is 5.32 Å². The van der Waals surface area contributed by atoms with Gasteiger partial charge in [-0.3, -0.25) is 0 Å². The average Bonchev–Trinajstić information content (AvgIpc) is 3.32. The molecule has 2 heterocycles. The standard InChI is InChI=1S/C20H23NOS2/c1-15(20(22)16-6-3-2-4-7-16)21-11-9-18(17-10-13-23-14-17)19-8-5-12-24-19/h2-8,10,12-15,18,20-22H,9,11H2,1H3. The third-order valence-electron chi connectivity index (χ3n) is 4.35. The molecule has 0 fully saturated rings. The van der Waals surface area contributed by atoms with E-state index in [0.29, 0.717) is 5.92 Å². The van der Waals surface area contributed by atoms with Crippen molar-refractivity contribution in [2.75, 3.05) is 6.54 Å². The van der Waals surface area contributed by atoms with Crippen molar-refractivity contribution in [3.05, 3.63) is 80.7 Å². The van der Waals surface area contributed by atoms with Gasteiger partial charge < -0.3 is 10.4 Å². The molecule has 1 aromatic carbocycles. The summed E-state index contributed by atoms with van der Waals surface area (Å²) in [7, 11) is 0. The Labute approximate surface area is 151 Å². The Kier molecular flexibility index (Phi) is 6.21. The molecule has 0 aliphatic heterocycles. The third kappa shape index (κ3) is 4.33. The van der Waals surface area contributed by atoms with Crippen molar-refractivity contribution >= 4 is 22.7 Å². The molecular formula is C20H23NOS2. The van der Waals surface area contributed by atoms with E-state index in [2.05, 4.69) is 39.7 Å². The van der Waals surface area contributed by atoms with E-state index in [-0.39, 0.29) is 6.04 Å². The molecule has 2 nitrogen and oxygen atoms in total. The van der Waals surface area contributed by atoms with Gasteiger partial charge in [0, 0.05) is 16.8 Å². The monoisotopic (exact) mass is 357 g/mol. The summed E-state index contributed by atoms with van der Waals surface area (Å²) in [6.45, 7) is 2.92. The maximum atomic E-state index is 10.5. The molecule has 0 amide bonds. The Bertz CT molecular complexity index is 660. The Morgan fingerprint density at radius 2 is 1.83 bits per heavy atom. The van der Waals surface area contributed by atoms with Crippen molar-refractivity contribution in [2.45, 2.75) is 31.4 Å². The van der Waals surface area contributed by atoms with E-state index in [1.807, 2.05) is 48.6 Å². The Hall–Kier alpha value is -1.46. The van der Waals surface area contributed by atoms with Crippen molar-refractivity contribution in [1.82, 2.24) is 5.32 Å². The van der Waals surface area contributed by atoms with Gasteiger partial charge in [0.15, 0.2) is 0 Å². The fraction of sp³-hybridized carbons (Fsp3) is 0.300. The molecule has 3 aromatic rings. The van der Waals surface area contributed by atoms with Crippen LogP contribution in [-0.2, 0) is 0 Å². The van der Waals surface area contributed by atoms with Crippen LogP contribution in [0.3, 0.4) is 0 Å². The number of nitrogens with one attached hydrogen (secondary N) is 1. The van der Waals surface area contributed by atoms with Gasteiger partial charge in [0.2, 0.25) is 0 Å². The van der Waals surface area contributed by atoms with Crippen LogP contribution in [0.4, 0.5) is 0 Å². The van der Waals surface area contributed by atoms with Crippen LogP contribution in [0.2, 0.25) is 0 Å². The first-order valence-electron chi connectivity index (χ1n) is 8.27. The van der Waals surface area contributed by atoms with Gasteiger partial charge in [0.05, 0.1) is 6.10 Å². The minimum absolute atomic E-state index is 0.0267. The summed E-state index contributed by atoms with van der Waals surface area (Å²) in [5.74, 6) is 0.435. The molecule has 3 atom stereocenters. The molecule has 0 spiro atoms. The number of hydrogen-bond acceptors (Lipinski definition) is 4. The first kappa shape index (κ1) is 17.4. The molecule has 0 saturated heterocycles. The molecule has 3 rings (SSSR count). The van der Waals surface area contributed by atoms with Crippen LogP contribution in [0.15, 0.2) is 64.7 Å². The maximum absolute atomic E-state index is 10.5. The smallest absolute Gasteiger partial charge is 0.0940 e. The van der Waals surface area contributed by atoms with Gasteiger partial charge in [0.25, 0.3) is 0 Å². The Morgan fingerprint density at radius 1 is 1.00 bits per heavy atom. The molecular weight excluding hydrogens is 334 g/mol. The normalized spacial score (nSPS) is 15.1. The lowest BCUT2D eigenvalue weighted by Crippen LogP contribution is -2.33. The minimum Gasteiger partial charge on any atom is -0.387 e. The topological polar surface area (TPSA) is 32.3 Å². The van der Waals surface area contributed by atoms with Crippen molar-refractivity contribution in [3.8, 4) is 0 Å². The second-order valence-corrected chi connectivity index (χ2v) is 7.77. The van der Waals surface area contributed by atoms with Gasteiger partial charge in [-0.1, -0.05) is 36.4 Å². The van der Waals surface area contributed by atoms with Crippen molar-refractivity contribution in [1.29, 1.82) is 0 Å². The largest absolute Gasteiger partial charge is 0.387 e. The zero-order valence-electron chi connectivity index (χ0n) is 13.8. The molecule has 0 aliphatic carbocycles. The molecule has 126 valence electrons. The number of hydrogen-bond donors (Lipinski definition) is 2. The quantitative estimate of drug-likeness (QED) is 0.592. The zero-order chi connectivity index (χ0) is 16.8. The van der Waals surface area contributed by atoms with Crippen molar-refractivity contribution in [3.63, 3.8) is 0 Å². The number of aliphatic hydroxyl groups excluding tert-OH is 1. The third-order valence-corrected chi connectivity index (χ3v) is 6.03. The van der Waals surface area contributed by atoms with Gasteiger partial charge in [0.1, 0.15) is 0 Å². The lowest BCUT2D eigenvalue weighted by atomic mass is 9.96. The first-order valence-corrected chi connectivity index (χ1v) is 10.1. The fourth-order valence-corrected chi connectivity index (χ4v) is 4.55. The van der Waals surface area contributed by atoms with Crippen LogP contribution in [0.1, 0.15) is 41.4 Å². The second-order valence-electron chi connectivity index (χ2n) is 6.01. The SMILES string of the molecule is CC(NCCC(c1ccsc1)c1cccs1)C(O)c1ccccc1. The van der Waals surface area contributed by atoms with E-state index in [0.717, 1.165) is 18.5 Å². The lowest BCUT2D eigenvalue weighted by molar-refractivity contribution is 0.136. The van der Waals surface area contributed by atoms with Gasteiger partial charge in [-0.2, -0.15) is 11.3 Å². The Morgan fingerprint density at radius 3 is 2.50 bits per heavy atom. The van der Waals surface area contributed by atoms with Crippen LogP contribution in [-0.4, -0.2) is 17.7 Å². The molecule has 0 saturated carbocycles. The highest BCUT2D eigenvalue weighted by Crippen LogP contribution is 2.32. The van der Waals surface area contributed by atoms with Crippen molar-refractivity contribution in [2.24, 2.45) is 0 Å². The second kappa shape index (κ2) is 8.58. The van der Waals surface area contributed by atoms with E-state index in [4.69, 9.17) is 0 Å². The fourth-order valence-electron chi connectivity index (χ4n) is 2.94. The highest BCUT2D eigenvalue weighted by Gasteiger charge is 2.18. The molecule has 0 bridgehead atoms. The van der Waals surface area contributed by atoms with E-state index >= 15 is 0 Å². The number of thiophene rings is 2. The molecule has 0 aliphatic rings. The van der Waals surface area contributed by atoms with Gasteiger partial charge in [-0.25, -0.2) is 0 Å². The molecule has 4 heteroatoms. The van der Waals surface area contributed by atoms with Gasteiger partial charge in [-0.05, 0) is 59.3 Å². The van der Waals surface area contributed by atoms with Crippen molar-refractivity contribution < 1.29 is 5.11 Å². The summed E-state index contributed by atoms with van der Waals surface area (Å²) in [5.41, 5.74) is 2.35. The average molecular weight is 358 g/mol. The highest BCUT2D eigenvalue weighted by molar-refractivity contribution is 7.10. The molecule has 24 heavy (non-hydrogen) atoms. The summed E-state index contributed by atoms with van der Waals surface area (Å²) in [6, 6.07) is 16.4. The summed E-state index contributed by atoms with van der Waals surface area (Å²) < 4.78 is 0. The minimum atomic E-state index is -0.479. The molecule has 2 aromatic heterocycles. The highest BCUT2D eigenvalue weighted by atomic mass is 32.1. The van der Waals surface area contributed by atoms with E-state index in [1.54, 1.807) is 11.3 Å². The van der Waals surface area contributed by atoms with Crippen LogP contribution >= 0.6 is 22.7 Å².